The standard InChI is InChI=1S/C11H14N4O2/c1-7-5-9(15(2)13-7)11-12-10(14-17-11)8-3-4-16-6-8/h5,8H,3-4,6H2,1-2H3/t8-/m1/s1. The van der Waals surface area contributed by atoms with Crippen LogP contribution in [0.1, 0.15) is 23.9 Å². The highest BCUT2D eigenvalue weighted by Crippen LogP contribution is 2.25. The number of ether oxygens (including phenoxy) is 1. The van der Waals surface area contributed by atoms with Gasteiger partial charge in [0, 0.05) is 19.6 Å². The Hall–Kier alpha value is -1.69. The van der Waals surface area contributed by atoms with Crippen molar-refractivity contribution in [2.75, 3.05) is 13.2 Å². The summed E-state index contributed by atoms with van der Waals surface area (Å²) in [7, 11) is 1.87. The molecule has 90 valence electrons. The van der Waals surface area contributed by atoms with E-state index >= 15 is 0 Å². The number of hydrogen-bond donors (Lipinski definition) is 0. The van der Waals surface area contributed by atoms with Gasteiger partial charge in [-0.25, -0.2) is 0 Å². The zero-order chi connectivity index (χ0) is 11.8. The summed E-state index contributed by atoms with van der Waals surface area (Å²) in [6, 6.07) is 1.93. The van der Waals surface area contributed by atoms with E-state index < -0.39 is 0 Å². The Bertz CT molecular complexity index is 525. The first-order chi connectivity index (χ1) is 8.24. The summed E-state index contributed by atoms with van der Waals surface area (Å²) in [5.74, 6) is 1.52. The van der Waals surface area contributed by atoms with E-state index in [0.29, 0.717) is 12.5 Å². The molecule has 3 rings (SSSR count). The van der Waals surface area contributed by atoms with Gasteiger partial charge in [0.1, 0.15) is 5.69 Å². The first-order valence-corrected chi connectivity index (χ1v) is 5.66. The molecule has 1 aliphatic rings. The molecule has 0 N–H and O–H groups in total. The molecule has 0 unspecified atom stereocenters. The molecule has 0 bridgehead atoms. The Morgan fingerprint density at radius 1 is 1.47 bits per heavy atom. The predicted octanol–water partition coefficient (Wildman–Crippen LogP) is 1.28. The van der Waals surface area contributed by atoms with Crippen LogP contribution in [0.2, 0.25) is 0 Å². The van der Waals surface area contributed by atoms with Gasteiger partial charge in [-0.2, -0.15) is 10.1 Å². The van der Waals surface area contributed by atoms with Crippen LogP contribution < -0.4 is 0 Å². The number of nitrogens with zero attached hydrogens (tertiary/aromatic N) is 4. The van der Waals surface area contributed by atoms with E-state index in [4.69, 9.17) is 9.26 Å². The molecule has 2 aromatic heterocycles. The van der Waals surface area contributed by atoms with Crippen molar-refractivity contribution >= 4 is 0 Å². The normalized spacial score (nSPS) is 20.0. The second kappa shape index (κ2) is 3.96. The molecule has 17 heavy (non-hydrogen) atoms. The summed E-state index contributed by atoms with van der Waals surface area (Å²) in [5, 5.41) is 8.28. The Kier molecular flexibility index (Phi) is 2.44. The first kappa shape index (κ1) is 10.5. The number of rotatable bonds is 2. The maximum absolute atomic E-state index is 5.32. The Balaban J connectivity index is 1.91. The third-order valence-electron chi connectivity index (χ3n) is 2.96. The van der Waals surface area contributed by atoms with Gasteiger partial charge in [0.2, 0.25) is 0 Å². The SMILES string of the molecule is Cc1cc(-c2nc([C@@H]3CCOC3)no2)n(C)n1. The topological polar surface area (TPSA) is 66.0 Å². The molecule has 1 atom stereocenters. The summed E-state index contributed by atoms with van der Waals surface area (Å²) in [6.45, 7) is 3.40. The lowest BCUT2D eigenvalue weighted by atomic mass is 10.1. The molecule has 2 aromatic rings. The van der Waals surface area contributed by atoms with Gasteiger partial charge in [-0.15, -0.1) is 0 Å². The van der Waals surface area contributed by atoms with Crippen LogP contribution in [0.3, 0.4) is 0 Å². The van der Waals surface area contributed by atoms with E-state index in [1.165, 1.54) is 0 Å². The summed E-state index contributed by atoms with van der Waals surface area (Å²) in [4.78, 5) is 4.42. The lowest BCUT2D eigenvalue weighted by molar-refractivity contribution is 0.192. The van der Waals surface area contributed by atoms with E-state index in [-0.39, 0.29) is 5.92 Å². The van der Waals surface area contributed by atoms with Gasteiger partial charge in [0.15, 0.2) is 5.82 Å². The van der Waals surface area contributed by atoms with E-state index in [1.54, 1.807) is 4.68 Å². The highest BCUT2D eigenvalue weighted by atomic mass is 16.5. The molecule has 1 saturated heterocycles. The molecular formula is C11H14N4O2. The Morgan fingerprint density at radius 3 is 3.00 bits per heavy atom. The zero-order valence-corrected chi connectivity index (χ0v) is 9.88. The Morgan fingerprint density at radius 2 is 2.35 bits per heavy atom. The average Bonchev–Trinajstić information content (AvgIpc) is 2.97. The van der Waals surface area contributed by atoms with Gasteiger partial charge in [0.05, 0.1) is 12.3 Å². The van der Waals surface area contributed by atoms with Crippen LogP contribution in [0.5, 0.6) is 0 Å². The fraction of sp³-hybridized carbons (Fsp3) is 0.545. The highest BCUT2D eigenvalue weighted by molar-refractivity contribution is 5.47. The van der Waals surface area contributed by atoms with Gasteiger partial charge in [-0.3, -0.25) is 4.68 Å². The fourth-order valence-electron chi connectivity index (χ4n) is 2.05. The van der Waals surface area contributed by atoms with E-state index in [0.717, 1.165) is 30.2 Å². The minimum atomic E-state index is 0.266. The van der Waals surface area contributed by atoms with Crippen LogP contribution >= 0.6 is 0 Å². The van der Waals surface area contributed by atoms with Crippen molar-refractivity contribution in [3.63, 3.8) is 0 Å². The summed E-state index contributed by atoms with van der Waals surface area (Å²) >= 11 is 0. The van der Waals surface area contributed by atoms with Crippen molar-refractivity contribution in [3.8, 4) is 11.6 Å². The monoisotopic (exact) mass is 234 g/mol. The van der Waals surface area contributed by atoms with Crippen molar-refractivity contribution in [1.29, 1.82) is 0 Å². The maximum Gasteiger partial charge on any atom is 0.276 e. The molecule has 0 aromatic carbocycles. The quantitative estimate of drug-likeness (QED) is 0.783. The molecule has 1 aliphatic heterocycles. The molecule has 0 amide bonds. The van der Waals surface area contributed by atoms with Crippen molar-refractivity contribution < 1.29 is 9.26 Å². The maximum atomic E-state index is 5.32. The lowest BCUT2D eigenvalue weighted by Crippen LogP contribution is -2.00. The molecule has 6 nitrogen and oxygen atoms in total. The van der Waals surface area contributed by atoms with Crippen LogP contribution in [0.25, 0.3) is 11.6 Å². The molecule has 6 heteroatoms. The number of aromatic nitrogens is 4. The zero-order valence-electron chi connectivity index (χ0n) is 9.88. The molecule has 0 radical (unpaired) electrons. The fourth-order valence-corrected chi connectivity index (χ4v) is 2.05. The molecule has 0 aliphatic carbocycles. The van der Waals surface area contributed by atoms with Gasteiger partial charge < -0.3 is 9.26 Å². The van der Waals surface area contributed by atoms with Gasteiger partial charge in [0.25, 0.3) is 5.89 Å². The van der Waals surface area contributed by atoms with Gasteiger partial charge >= 0.3 is 0 Å². The molecule has 3 heterocycles. The smallest absolute Gasteiger partial charge is 0.276 e. The third-order valence-corrected chi connectivity index (χ3v) is 2.96. The van der Waals surface area contributed by atoms with Crippen LogP contribution in [0.4, 0.5) is 0 Å². The van der Waals surface area contributed by atoms with Crippen molar-refractivity contribution in [2.24, 2.45) is 7.05 Å². The van der Waals surface area contributed by atoms with Crippen LogP contribution in [-0.2, 0) is 11.8 Å². The number of aryl methyl sites for hydroxylation is 2. The van der Waals surface area contributed by atoms with E-state index in [1.807, 2.05) is 20.0 Å². The summed E-state index contributed by atoms with van der Waals surface area (Å²) < 4.78 is 12.3. The minimum absolute atomic E-state index is 0.266. The number of hydrogen-bond acceptors (Lipinski definition) is 5. The van der Waals surface area contributed by atoms with Crippen molar-refractivity contribution in [1.82, 2.24) is 19.9 Å². The van der Waals surface area contributed by atoms with E-state index in [9.17, 15) is 0 Å². The first-order valence-electron chi connectivity index (χ1n) is 5.66. The van der Waals surface area contributed by atoms with Crippen molar-refractivity contribution in [3.05, 3.63) is 17.6 Å². The summed E-state index contributed by atoms with van der Waals surface area (Å²) in [6.07, 6.45) is 0.962. The van der Waals surface area contributed by atoms with Gasteiger partial charge in [-0.1, -0.05) is 5.16 Å². The second-order valence-corrected chi connectivity index (χ2v) is 4.31. The third kappa shape index (κ3) is 1.84. The van der Waals surface area contributed by atoms with E-state index in [2.05, 4.69) is 15.2 Å². The minimum Gasteiger partial charge on any atom is -0.381 e. The largest absolute Gasteiger partial charge is 0.381 e. The van der Waals surface area contributed by atoms with Crippen LogP contribution in [-0.4, -0.2) is 33.1 Å². The Labute approximate surface area is 98.6 Å². The van der Waals surface area contributed by atoms with Gasteiger partial charge in [-0.05, 0) is 19.4 Å². The lowest BCUT2D eigenvalue weighted by Gasteiger charge is -1.97. The van der Waals surface area contributed by atoms with Crippen LogP contribution in [0, 0.1) is 6.92 Å². The molecular weight excluding hydrogens is 220 g/mol. The molecule has 0 saturated carbocycles. The summed E-state index contributed by atoms with van der Waals surface area (Å²) in [5.41, 5.74) is 1.78. The second-order valence-electron chi connectivity index (χ2n) is 4.31. The van der Waals surface area contributed by atoms with Crippen molar-refractivity contribution in [2.45, 2.75) is 19.3 Å². The average molecular weight is 234 g/mol. The predicted molar refractivity (Wildman–Crippen MR) is 59.4 cm³/mol. The molecule has 0 spiro atoms. The molecule has 1 fully saturated rings. The van der Waals surface area contributed by atoms with Crippen LogP contribution in [0.15, 0.2) is 10.6 Å². The highest BCUT2D eigenvalue weighted by Gasteiger charge is 2.24.